The van der Waals surface area contributed by atoms with Crippen molar-refractivity contribution in [1.29, 1.82) is 0 Å². The van der Waals surface area contributed by atoms with Gasteiger partial charge in [0.15, 0.2) is 11.5 Å². The minimum atomic E-state index is -0.335. The second-order valence-corrected chi connectivity index (χ2v) is 6.20. The molecule has 0 fully saturated rings. The molecule has 1 N–H and O–H groups in total. The van der Waals surface area contributed by atoms with E-state index in [0.29, 0.717) is 43.9 Å². The molecule has 0 atom stereocenters. The highest BCUT2D eigenvalue weighted by molar-refractivity contribution is 9.10. The van der Waals surface area contributed by atoms with Crippen molar-refractivity contribution in [1.82, 2.24) is 0 Å². The summed E-state index contributed by atoms with van der Waals surface area (Å²) in [5.74, 6) is 0.675. The van der Waals surface area contributed by atoms with Crippen LogP contribution in [0.25, 0.3) is 0 Å². The van der Waals surface area contributed by atoms with E-state index in [2.05, 4.69) is 21.2 Å². The average molecular weight is 419 g/mol. The number of hydrogen-bond acceptors (Lipinski definition) is 3. The molecule has 2 aromatic rings. The first-order valence-corrected chi connectivity index (χ1v) is 8.28. The van der Waals surface area contributed by atoms with Gasteiger partial charge in [-0.1, -0.05) is 23.2 Å². The smallest absolute Gasteiger partial charge is 0.255 e. The molecule has 0 radical (unpaired) electrons. The zero-order chi connectivity index (χ0) is 17.0. The number of benzene rings is 2. The molecule has 0 bridgehead atoms. The molecule has 0 aromatic heterocycles. The number of ether oxygens (including phenoxy) is 2. The van der Waals surface area contributed by atoms with E-state index >= 15 is 0 Å². The quantitative estimate of drug-likeness (QED) is 0.705. The third-order valence-corrected chi connectivity index (χ3v) is 4.11. The Labute approximate surface area is 152 Å². The summed E-state index contributed by atoms with van der Waals surface area (Å²) in [6.45, 7) is 2.31. The molecular weight excluding hydrogens is 405 g/mol. The van der Waals surface area contributed by atoms with Gasteiger partial charge < -0.3 is 14.8 Å². The van der Waals surface area contributed by atoms with Crippen LogP contribution in [0.1, 0.15) is 17.3 Å². The zero-order valence-corrected chi connectivity index (χ0v) is 15.6. The Morgan fingerprint density at radius 2 is 2.00 bits per heavy atom. The number of halogens is 3. The van der Waals surface area contributed by atoms with Crippen LogP contribution in [-0.2, 0) is 0 Å². The molecule has 0 saturated carbocycles. The number of rotatable bonds is 5. The van der Waals surface area contributed by atoms with E-state index in [1.165, 1.54) is 7.11 Å². The molecule has 0 heterocycles. The van der Waals surface area contributed by atoms with Gasteiger partial charge in [-0.05, 0) is 53.2 Å². The Kier molecular flexibility index (Phi) is 6.16. The number of carbonyl (C=O) groups excluding carboxylic acids is 1. The van der Waals surface area contributed by atoms with E-state index < -0.39 is 0 Å². The van der Waals surface area contributed by atoms with E-state index in [1.54, 1.807) is 30.3 Å². The van der Waals surface area contributed by atoms with E-state index in [4.69, 9.17) is 32.7 Å². The first-order valence-electron chi connectivity index (χ1n) is 6.73. The Bertz CT molecular complexity index is 738. The van der Waals surface area contributed by atoms with Gasteiger partial charge >= 0.3 is 0 Å². The summed E-state index contributed by atoms with van der Waals surface area (Å²) >= 11 is 15.4. The van der Waals surface area contributed by atoms with Crippen LogP contribution >= 0.6 is 39.1 Å². The number of nitrogens with one attached hydrogen (secondary N) is 1. The van der Waals surface area contributed by atoms with Crippen LogP contribution in [0.4, 0.5) is 5.69 Å². The fraction of sp³-hybridized carbons (Fsp3) is 0.188. The fourth-order valence-electron chi connectivity index (χ4n) is 1.95. The number of hydrogen-bond donors (Lipinski definition) is 1. The minimum absolute atomic E-state index is 0.335. The third kappa shape index (κ3) is 4.31. The summed E-state index contributed by atoms with van der Waals surface area (Å²) in [6, 6.07) is 8.12. The van der Waals surface area contributed by atoms with Gasteiger partial charge in [-0.2, -0.15) is 0 Å². The number of methoxy groups -OCH3 is 1. The van der Waals surface area contributed by atoms with Crippen LogP contribution in [0.3, 0.4) is 0 Å². The van der Waals surface area contributed by atoms with E-state index in [9.17, 15) is 4.79 Å². The van der Waals surface area contributed by atoms with Gasteiger partial charge in [0, 0.05) is 10.6 Å². The molecule has 0 spiro atoms. The van der Waals surface area contributed by atoms with Gasteiger partial charge in [-0.15, -0.1) is 0 Å². The Morgan fingerprint density at radius 1 is 1.26 bits per heavy atom. The molecule has 122 valence electrons. The summed E-state index contributed by atoms with van der Waals surface area (Å²) in [4.78, 5) is 12.5. The Balaban J connectivity index is 2.34. The van der Waals surface area contributed by atoms with Crippen LogP contribution in [0.5, 0.6) is 11.5 Å². The average Bonchev–Trinajstić information content (AvgIpc) is 2.51. The number of carbonyl (C=O) groups is 1. The first kappa shape index (κ1) is 17.9. The molecule has 1 amide bonds. The van der Waals surface area contributed by atoms with E-state index in [1.807, 2.05) is 6.92 Å². The first-order chi connectivity index (χ1) is 11.0. The summed E-state index contributed by atoms with van der Waals surface area (Å²) in [7, 11) is 1.54. The molecule has 4 nitrogen and oxygen atoms in total. The highest BCUT2D eigenvalue weighted by Gasteiger charge is 2.16. The number of amides is 1. The fourth-order valence-corrected chi connectivity index (χ4v) is 2.89. The molecular formula is C16H14BrCl2NO3. The lowest BCUT2D eigenvalue weighted by molar-refractivity contribution is 0.102. The predicted octanol–water partition coefficient (Wildman–Crippen LogP) is 5.42. The number of anilines is 1. The zero-order valence-electron chi connectivity index (χ0n) is 12.5. The van der Waals surface area contributed by atoms with E-state index in [0.717, 1.165) is 0 Å². The molecule has 0 aliphatic rings. The normalized spacial score (nSPS) is 10.3. The maximum Gasteiger partial charge on any atom is 0.255 e. The lowest BCUT2D eigenvalue weighted by atomic mass is 10.1. The summed E-state index contributed by atoms with van der Waals surface area (Å²) in [5, 5.41) is 3.61. The van der Waals surface area contributed by atoms with Crippen molar-refractivity contribution in [3.8, 4) is 11.5 Å². The summed E-state index contributed by atoms with van der Waals surface area (Å²) in [6.07, 6.45) is 0. The molecule has 0 aliphatic heterocycles. The van der Waals surface area contributed by atoms with Crippen LogP contribution < -0.4 is 14.8 Å². The van der Waals surface area contributed by atoms with Crippen LogP contribution in [-0.4, -0.2) is 19.6 Å². The van der Waals surface area contributed by atoms with Crippen molar-refractivity contribution in [2.45, 2.75) is 6.92 Å². The van der Waals surface area contributed by atoms with Gasteiger partial charge in [0.05, 0.1) is 28.9 Å². The van der Waals surface area contributed by atoms with E-state index in [-0.39, 0.29) is 5.91 Å². The highest BCUT2D eigenvalue weighted by Crippen LogP contribution is 2.37. The van der Waals surface area contributed by atoms with Gasteiger partial charge in [0.25, 0.3) is 5.91 Å². The van der Waals surface area contributed by atoms with Crippen molar-refractivity contribution < 1.29 is 14.3 Å². The second kappa shape index (κ2) is 7.90. The largest absolute Gasteiger partial charge is 0.492 e. The maximum atomic E-state index is 12.5. The van der Waals surface area contributed by atoms with Crippen molar-refractivity contribution in [2.24, 2.45) is 0 Å². The van der Waals surface area contributed by atoms with Gasteiger partial charge in [-0.25, -0.2) is 0 Å². The topological polar surface area (TPSA) is 47.6 Å². The van der Waals surface area contributed by atoms with Crippen LogP contribution in [0.15, 0.2) is 34.8 Å². The monoisotopic (exact) mass is 417 g/mol. The molecule has 0 unspecified atom stereocenters. The van der Waals surface area contributed by atoms with Gasteiger partial charge in [0.2, 0.25) is 0 Å². The lowest BCUT2D eigenvalue weighted by Gasteiger charge is -2.14. The van der Waals surface area contributed by atoms with Gasteiger partial charge in [-0.3, -0.25) is 4.79 Å². The highest BCUT2D eigenvalue weighted by atomic mass is 79.9. The van der Waals surface area contributed by atoms with Crippen molar-refractivity contribution >= 4 is 50.7 Å². The molecule has 23 heavy (non-hydrogen) atoms. The molecule has 7 heteroatoms. The maximum absolute atomic E-state index is 12.5. The Morgan fingerprint density at radius 3 is 2.65 bits per heavy atom. The summed E-state index contributed by atoms with van der Waals surface area (Å²) in [5.41, 5.74) is 0.839. The molecule has 2 aromatic carbocycles. The van der Waals surface area contributed by atoms with Crippen LogP contribution in [0.2, 0.25) is 10.0 Å². The van der Waals surface area contributed by atoms with Crippen molar-refractivity contribution in [2.75, 3.05) is 19.0 Å². The SMILES string of the molecule is CCOc1cc(C(=O)Nc2cc(Cl)ccc2Cl)cc(Br)c1OC. The predicted molar refractivity (Wildman–Crippen MR) is 96.3 cm³/mol. The molecule has 2 rings (SSSR count). The van der Waals surface area contributed by atoms with Crippen LogP contribution in [0, 0.1) is 0 Å². The molecule has 0 saturated heterocycles. The van der Waals surface area contributed by atoms with Crippen molar-refractivity contribution in [3.05, 3.63) is 50.4 Å². The second-order valence-electron chi connectivity index (χ2n) is 4.50. The Hall–Kier alpha value is -1.43. The lowest BCUT2D eigenvalue weighted by Crippen LogP contribution is -2.13. The standard InChI is InChI=1S/C16H14BrCl2NO3/c1-3-23-14-7-9(6-11(17)15(14)22-2)16(21)20-13-8-10(18)4-5-12(13)19/h4-8H,3H2,1-2H3,(H,20,21). The molecule has 0 aliphatic carbocycles. The minimum Gasteiger partial charge on any atom is -0.492 e. The third-order valence-electron chi connectivity index (χ3n) is 2.95. The van der Waals surface area contributed by atoms with Gasteiger partial charge in [0.1, 0.15) is 0 Å². The summed E-state index contributed by atoms with van der Waals surface area (Å²) < 4.78 is 11.4. The van der Waals surface area contributed by atoms with Crippen molar-refractivity contribution in [3.63, 3.8) is 0 Å².